The summed E-state index contributed by atoms with van der Waals surface area (Å²) in [5, 5.41) is 11.6. The van der Waals surface area contributed by atoms with E-state index in [1.807, 2.05) is 0 Å². The number of nitrogens with one attached hydrogen (secondary N) is 1. The highest BCUT2D eigenvalue weighted by atomic mass is 19.1. The molecule has 2 aromatic rings. The Morgan fingerprint density at radius 1 is 1.45 bits per heavy atom. The fourth-order valence-electron chi connectivity index (χ4n) is 1.81. The summed E-state index contributed by atoms with van der Waals surface area (Å²) in [4.78, 5) is 15.5. The van der Waals surface area contributed by atoms with E-state index >= 15 is 0 Å². The number of amides is 1. The highest BCUT2D eigenvalue weighted by molar-refractivity contribution is 5.76. The van der Waals surface area contributed by atoms with E-state index in [-0.39, 0.29) is 42.5 Å². The summed E-state index contributed by atoms with van der Waals surface area (Å²) in [5.74, 6) is -1.19. The number of nitrogens with zero attached hydrogens (tertiary/aromatic N) is 1. The molecule has 0 saturated heterocycles. The molecule has 5 nitrogen and oxygen atoms in total. The van der Waals surface area contributed by atoms with Gasteiger partial charge in [0.05, 0.1) is 17.9 Å². The predicted octanol–water partition coefficient (Wildman–Crippen LogP) is 2.05. The summed E-state index contributed by atoms with van der Waals surface area (Å²) >= 11 is 0. The number of carbonyl (C=O) groups is 1. The van der Waals surface area contributed by atoms with Crippen molar-refractivity contribution in [2.45, 2.75) is 25.9 Å². The number of oxazole rings is 1. The van der Waals surface area contributed by atoms with E-state index in [2.05, 4.69) is 10.3 Å². The Hall–Kier alpha value is -2.28. The van der Waals surface area contributed by atoms with Crippen LogP contribution in [0.3, 0.4) is 0 Å². The number of hydrogen-bond donors (Lipinski definition) is 2. The second-order valence-electron chi connectivity index (χ2n) is 4.90. The van der Waals surface area contributed by atoms with Crippen molar-refractivity contribution < 1.29 is 23.1 Å². The molecule has 0 radical (unpaired) electrons. The average Bonchev–Trinajstić information content (AvgIpc) is 2.91. The van der Waals surface area contributed by atoms with E-state index in [0.717, 1.165) is 12.1 Å². The van der Waals surface area contributed by atoms with Gasteiger partial charge >= 0.3 is 0 Å². The minimum absolute atomic E-state index is 0.110. The minimum atomic E-state index is -0.739. The van der Waals surface area contributed by atoms with Crippen LogP contribution in [0.2, 0.25) is 0 Å². The van der Waals surface area contributed by atoms with Crippen molar-refractivity contribution in [1.29, 1.82) is 0 Å². The minimum Gasteiger partial charge on any atom is -0.441 e. The summed E-state index contributed by atoms with van der Waals surface area (Å²) in [6, 6.07) is 3.16. The van der Waals surface area contributed by atoms with Gasteiger partial charge < -0.3 is 14.8 Å². The van der Waals surface area contributed by atoms with Crippen LogP contribution in [0.5, 0.6) is 0 Å². The molecule has 118 valence electrons. The van der Waals surface area contributed by atoms with E-state index in [0.29, 0.717) is 0 Å². The third-order valence-corrected chi connectivity index (χ3v) is 2.91. The fourth-order valence-corrected chi connectivity index (χ4v) is 1.81. The lowest BCUT2D eigenvalue weighted by atomic mass is 10.2. The zero-order valence-electron chi connectivity index (χ0n) is 12.0. The lowest BCUT2D eigenvalue weighted by Gasteiger charge is -2.05. The molecule has 1 amide bonds. The summed E-state index contributed by atoms with van der Waals surface area (Å²) < 4.78 is 31.8. The Balaban J connectivity index is 1.95. The van der Waals surface area contributed by atoms with Gasteiger partial charge in [-0.1, -0.05) is 0 Å². The number of benzene rings is 1. The summed E-state index contributed by atoms with van der Waals surface area (Å²) in [6.45, 7) is 1.74. The number of rotatable bonds is 6. The lowest BCUT2D eigenvalue weighted by molar-refractivity contribution is -0.121. The smallest absolute Gasteiger partial charge is 0.220 e. The van der Waals surface area contributed by atoms with Gasteiger partial charge in [0.15, 0.2) is 11.7 Å². The molecule has 1 aromatic carbocycles. The summed E-state index contributed by atoms with van der Waals surface area (Å²) in [6.07, 6.45) is 1.10. The average molecular weight is 310 g/mol. The molecule has 0 aliphatic carbocycles. The lowest BCUT2D eigenvalue weighted by Crippen LogP contribution is -2.30. The molecule has 2 rings (SSSR count). The molecule has 1 atom stereocenters. The van der Waals surface area contributed by atoms with Crippen LogP contribution in [0.25, 0.3) is 11.3 Å². The Labute approximate surface area is 126 Å². The number of carbonyl (C=O) groups excluding carboxylic acids is 1. The molecule has 7 heteroatoms. The second kappa shape index (κ2) is 7.13. The van der Waals surface area contributed by atoms with Crippen molar-refractivity contribution in [3.05, 3.63) is 41.9 Å². The third-order valence-electron chi connectivity index (χ3n) is 2.91. The van der Waals surface area contributed by atoms with Gasteiger partial charge in [0.1, 0.15) is 11.6 Å². The second-order valence-corrected chi connectivity index (χ2v) is 4.90. The van der Waals surface area contributed by atoms with E-state index in [1.165, 1.54) is 12.3 Å². The summed E-state index contributed by atoms with van der Waals surface area (Å²) in [7, 11) is 0. The van der Waals surface area contributed by atoms with Crippen LogP contribution in [0, 0.1) is 11.6 Å². The van der Waals surface area contributed by atoms with E-state index in [4.69, 9.17) is 9.52 Å². The maximum atomic E-state index is 13.6. The van der Waals surface area contributed by atoms with Gasteiger partial charge in [-0.25, -0.2) is 13.8 Å². The highest BCUT2D eigenvalue weighted by Crippen LogP contribution is 2.24. The van der Waals surface area contributed by atoms with E-state index < -0.39 is 17.7 Å². The Bertz CT molecular complexity index is 656. The van der Waals surface area contributed by atoms with Crippen molar-refractivity contribution in [2.75, 3.05) is 6.54 Å². The van der Waals surface area contributed by atoms with Crippen LogP contribution in [-0.4, -0.2) is 28.6 Å². The molecule has 0 bridgehead atoms. The van der Waals surface area contributed by atoms with Crippen LogP contribution in [-0.2, 0) is 11.2 Å². The quantitative estimate of drug-likeness (QED) is 0.856. The third kappa shape index (κ3) is 4.36. The van der Waals surface area contributed by atoms with Gasteiger partial charge in [-0.3, -0.25) is 4.79 Å². The van der Waals surface area contributed by atoms with Crippen molar-refractivity contribution in [3.63, 3.8) is 0 Å². The number of hydrogen-bond acceptors (Lipinski definition) is 4. The topological polar surface area (TPSA) is 75.4 Å². The molecule has 0 fully saturated rings. The first-order valence-electron chi connectivity index (χ1n) is 6.80. The number of aliphatic hydroxyl groups is 1. The molecule has 1 aromatic heterocycles. The maximum absolute atomic E-state index is 13.6. The van der Waals surface area contributed by atoms with Crippen LogP contribution < -0.4 is 5.32 Å². The monoisotopic (exact) mass is 310 g/mol. The zero-order valence-corrected chi connectivity index (χ0v) is 12.0. The molecule has 1 heterocycles. The van der Waals surface area contributed by atoms with Gasteiger partial charge in [0.25, 0.3) is 0 Å². The first-order valence-corrected chi connectivity index (χ1v) is 6.80. The Morgan fingerprint density at radius 3 is 2.91 bits per heavy atom. The number of halogens is 2. The molecule has 2 N–H and O–H groups in total. The Kier molecular flexibility index (Phi) is 5.21. The van der Waals surface area contributed by atoms with Crippen LogP contribution in [0.1, 0.15) is 19.2 Å². The van der Waals surface area contributed by atoms with Gasteiger partial charge in [0, 0.05) is 25.5 Å². The highest BCUT2D eigenvalue weighted by Gasteiger charge is 2.13. The normalized spacial score (nSPS) is 12.2. The molecule has 0 saturated carbocycles. The van der Waals surface area contributed by atoms with Gasteiger partial charge in [-0.05, 0) is 19.1 Å². The molecule has 0 aliphatic rings. The maximum Gasteiger partial charge on any atom is 0.220 e. The Morgan fingerprint density at radius 2 is 2.23 bits per heavy atom. The van der Waals surface area contributed by atoms with Crippen molar-refractivity contribution in [2.24, 2.45) is 0 Å². The first-order chi connectivity index (χ1) is 10.5. The number of aliphatic hydroxyl groups excluding tert-OH is 1. The largest absolute Gasteiger partial charge is 0.441 e. The molecule has 1 unspecified atom stereocenters. The van der Waals surface area contributed by atoms with E-state index in [1.54, 1.807) is 6.92 Å². The molecular formula is C15H16F2N2O3. The zero-order chi connectivity index (χ0) is 16.1. The van der Waals surface area contributed by atoms with Crippen molar-refractivity contribution in [3.8, 4) is 11.3 Å². The molecule has 0 aliphatic heterocycles. The van der Waals surface area contributed by atoms with Crippen molar-refractivity contribution >= 4 is 5.91 Å². The molecule has 22 heavy (non-hydrogen) atoms. The van der Waals surface area contributed by atoms with Crippen LogP contribution >= 0.6 is 0 Å². The molecule has 0 spiro atoms. The van der Waals surface area contributed by atoms with E-state index in [9.17, 15) is 13.6 Å². The van der Waals surface area contributed by atoms with Gasteiger partial charge in [0.2, 0.25) is 5.91 Å². The standard InChI is InChI=1S/C15H16F2N2O3/c1-9(20)7-18-14(21)4-5-15-19-8-13(22-15)11-3-2-10(16)6-12(11)17/h2-3,6,8-9,20H,4-5,7H2,1H3,(H,18,21). The number of aromatic nitrogens is 1. The van der Waals surface area contributed by atoms with Crippen LogP contribution in [0.4, 0.5) is 8.78 Å². The SMILES string of the molecule is CC(O)CNC(=O)CCc1ncc(-c2ccc(F)cc2F)o1. The van der Waals surface area contributed by atoms with Gasteiger partial charge in [-0.15, -0.1) is 0 Å². The first kappa shape index (κ1) is 16.1. The summed E-state index contributed by atoms with van der Waals surface area (Å²) in [5.41, 5.74) is 0.110. The number of aryl methyl sites for hydroxylation is 1. The fraction of sp³-hybridized carbons (Fsp3) is 0.333. The predicted molar refractivity (Wildman–Crippen MR) is 74.9 cm³/mol. The van der Waals surface area contributed by atoms with Gasteiger partial charge in [-0.2, -0.15) is 0 Å². The van der Waals surface area contributed by atoms with Crippen LogP contribution in [0.15, 0.2) is 28.8 Å². The van der Waals surface area contributed by atoms with Crippen molar-refractivity contribution in [1.82, 2.24) is 10.3 Å². The molecular weight excluding hydrogens is 294 g/mol.